The highest BCUT2D eigenvalue weighted by atomic mass is 19.2. The molecule has 0 aliphatic carbocycles. The maximum atomic E-state index is 12.9. The molecule has 0 bridgehead atoms. The first kappa shape index (κ1) is 9.77. The Balaban J connectivity index is 3.45. The normalized spacial score (nSPS) is 10.2. The largest absolute Gasteiger partial charge is 0.298 e. The molecule has 0 fully saturated rings. The molecule has 0 aliphatic heterocycles. The Bertz CT molecular complexity index is 347. The van der Waals surface area contributed by atoms with Crippen LogP contribution in [0.1, 0.15) is 22.8 Å². The first-order valence-corrected chi connectivity index (χ1v) is 3.73. The predicted octanol–water partition coefficient (Wildman–Crippen LogP) is 2.48. The molecule has 0 aromatic heterocycles. The van der Waals surface area contributed by atoms with E-state index < -0.39 is 23.0 Å². The van der Waals surface area contributed by atoms with Crippen LogP contribution in [0, 0.1) is 17.5 Å². The topological polar surface area (TPSA) is 17.1 Å². The van der Waals surface area contributed by atoms with Crippen LogP contribution in [0.15, 0.2) is 6.07 Å². The van der Waals surface area contributed by atoms with Gasteiger partial charge in [0, 0.05) is 5.56 Å². The second-order valence-electron chi connectivity index (χ2n) is 2.53. The van der Waals surface area contributed by atoms with Crippen molar-refractivity contribution in [1.82, 2.24) is 0 Å². The molecule has 1 rings (SSSR count). The number of benzene rings is 1. The molecule has 0 aliphatic rings. The van der Waals surface area contributed by atoms with Gasteiger partial charge in [0.25, 0.3) is 0 Å². The number of hydrogen-bond acceptors (Lipinski definition) is 1. The average molecular weight is 188 g/mol. The van der Waals surface area contributed by atoms with E-state index in [1.807, 2.05) is 0 Å². The molecule has 70 valence electrons. The summed E-state index contributed by atoms with van der Waals surface area (Å²) in [5, 5.41) is 0. The van der Waals surface area contributed by atoms with Gasteiger partial charge in [-0.05, 0) is 12.5 Å². The molecular formula is C9H7F3O. The highest BCUT2D eigenvalue weighted by molar-refractivity contribution is 5.75. The first-order chi connectivity index (χ1) is 6.11. The van der Waals surface area contributed by atoms with Crippen LogP contribution in [0.25, 0.3) is 0 Å². The first-order valence-electron chi connectivity index (χ1n) is 3.73. The molecule has 1 aromatic rings. The van der Waals surface area contributed by atoms with Gasteiger partial charge >= 0.3 is 0 Å². The molecule has 13 heavy (non-hydrogen) atoms. The minimum atomic E-state index is -1.28. The SMILES string of the molecule is CCc1c(F)cc(C=O)c(F)c1F. The van der Waals surface area contributed by atoms with E-state index in [2.05, 4.69) is 0 Å². The third kappa shape index (κ3) is 1.56. The van der Waals surface area contributed by atoms with E-state index in [1.54, 1.807) is 0 Å². The van der Waals surface area contributed by atoms with Gasteiger partial charge in [-0.15, -0.1) is 0 Å². The second kappa shape index (κ2) is 3.60. The van der Waals surface area contributed by atoms with E-state index >= 15 is 0 Å². The van der Waals surface area contributed by atoms with Gasteiger partial charge in [0.1, 0.15) is 5.82 Å². The lowest BCUT2D eigenvalue weighted by molar-refractivity contribution is 0.111. The van der Waals surface area contributed by atoms with Crippen LogP contribution in [0.5, 0.6) is 0 Å². The number of carbonyl (C=O) groups excluding carboxylic acids is 1. The number of rotatable bonds is 2. The van der Waals surface area contributed by atoms with Crippen LogP contribution < -0.4 is 0 Å². The molecule has 0 saturated carbocycles. The van der Waals surface area contributed by atoms with Gasteiger partial charge < -0.3 is 0 Å². The molecule has 0 atom stereocenters. The van der Waals surface area contributed by atoms with Crippen LogP contribution >= 0.6 is 0 Å². The molecule has 4 heteroatoms. The smallest absolute Gasteiger partial charge is 0.169 e. The molecule has 0 saturated heterocycles. The lowest BCUT2D eigenvalue weighted by Gasteiger charge is -2.04. The summed E-state index contributed by atoms with van der Waals surface area (Å²) in [5.74, 6) is -3.44. The van der Waals surface area contributed by atoms with Gasteiger partial charge in [-0.1, -0.05) is 6.92 Å². The molecule has 0 heterocycles. The van der Waals surface area contributed by atoms with Crippen LogP contribution in [-0.2, 0) is 6.42 Å². The molecule has 0 spiro atoms. The lowest BCUT2D eigenvalue weighted by atomic mass is 10.1. The summed E-state index contributed by atoms with van der Waals surface area (Å²) in [7, 11) is 0. The Labute approximate surface area is 73.2 Å². The quantitative estimate of drug-likeness (QED) is 0.514. The van der Waals surface area contributed by atoms with Crippen LogP contribution in [-0.4, -0.2) is 6.29 Å². The zero-order valence-corrected chi connectivity index (χ0v) is 6.90. The van der Waals surface area contributed by atoms with Gasteiger partial charge in [-0.2, -0.15) is 0 Å². The maximum Gasteiger partial charge on any atom is 0.169 e. The minimum Gasteiger partial charge on any atom is -0.298 e. The Hall–Kier alpha value is -1.32. The standard InChI is InChI=1S/C9H7F3O/c1-2-6-7(10)3-5(4-13)8(11)9(6)12/h3-4H,2H2,1H3. The van der Waals surface area contributed by atoms with E-state index in [0.29, 0.717) is 6.07 Å². The van der Waals surface area contributed by atoms with Gasteiger partial charge in [-0.3, -0.25) is 4.79 Å². The number of halogens is 3. The number of aldehydes is 1. The maximum absolute atomic E-state index is 12.9. The van der Waals surface area contributed by atoms with E-state index in [1.165, 1.54) is 6.92 Å². The van der Waals surface area contributed by atoms with Crippen molar-refractivity contribution in [1.29, 1.82) is 0 Å². The molecule has 0 radical (unpaired) electrons. The lowest BCUT2D eigenvalue weighted by Crippen LogP contribution is -2.02. The Morgan fingerprint density at radius 2 is 1.92 bits per heavy atom. The van der Waals surface area contributed by atoms with E-state index in [-0.39, 0.29) is 18.3 Å². The third-order valence-corrected chi connectivity index (χ3v) is 1.76. The van der Waals surface area contributed by atoms with Crippen molar-refractivity contribution in [2.45, 2.75) is 13.3 Å². The van der Waals surface area contributed by atoms with Crippen molar-refractivity contribution < 1.29 is 18.0 Å². The monoisotopic (exact) mass is 188 g/mol. The zero-order chi connectivity index (χ0) is 10.0. The molecule has 1 aromatic carbocycles. The molecule has 0 N–H and O–H groups in total. The summed E-state index contributed by atoms with van der Waals surface area (Å²) in [6.07, 6.45) is 0.134. The van der Waals surface area contributed by atoms with Crippen LogP contribution in [0.4, 0.5) is 13.2 Å². The van der Waals surface area contributed by atoms with Crippen LogP contribution in [0.3, 0.4) is 0 Å². The summed E-state index contributed by atoms with van der Waals surface area (Å²) in [4.78, 5) is 10.2. The molecular weight excluding hydrogens is 181 g/mol. The number of carbonyl (C=O) groups is 1. The van der Waals surface area contributed by atoms with E-state index in [4.69, 9.17) is 0 Å². The van der Waals surface area contributed by atoms with E-state index in [0.717, 1.165) is 0 Å². The van der Waals surface area contributed by atoms with Gasteiger partial charge in [0.15, 0.2) is 17.9 Å². The molecule has 1 nitrogen and oxygen atoms in total. The van der Waals surface area contributed by atoms with Crippen molar-refractivity contribution in [2.75, 3.05) is 0 Å². The predicted molar refractivity (Wildman–Crippen MR) is 41.1 cm³/mol. The van der Waals surface area contributed by atoms with Crippen molar-refractivity contribution in [3.63, 3.8) is 0 Å². The third-order valence-electron chi connectivity index (χ3n) is 1.76. The summed E-state index contributed by atoms with van der Waals surface area (Å²) in [6.45, 7) is 1.50. The van der Waals surface area contributed by atoms with Crippen molar-refractivity contribution in [3.05, 3.63) is 34.6 Å². The Kier molecular flexibility index (Phi) is 2.70. The van der Waals surface area contributed by atoms with Crippen LogP contribution in [0.2, 0.25) is 0 Å². The van der Waals surface area contributed by atoms with Crippen molar-refractivity contribution in [3.8, 4) is 0 Å². The highest BCUT2D eigenvalue weighted by Crippen LogP contribution is 2.19. The average Bonchev–Trinajstić information content (AvgIpc) is 2.12. The van der Waals surface area contributed by atoms with Gasteiger partial charge in [0.2, 0.25) is 0 Å². The van der Waals surface area contributed by atoms with Crippen molar-refractivity contribution >= 4 is 6.29 Å². The summed E-state index contributed by atoms with van der Waals surface area (Å²) >= 11 is 0. The fourth-order valence-corrected chi connectivity index (χ4v) is 1.06. The fourth-order valence-electron chi connectivity index (χ4n) is 1.06. The zero-order valence-electron chi connectivity index (χ0n) is 6.90. The number of hydrogen-bond donors (Lipinski definition) is 0. The summed E-state index contributed by atoms with van der Waals surface area (Å²) < 4.78 is 38.7. The molecule has 0 unspecified atom stereocenters. The summed E-state index contributed by atoms with van der Waals surface area (Å²) in [5.41, 5.74) is -0.921. The Morgan fingerprint density at radius 1 is 1.31 bits per heavy atom. The molecule has 0 amide bonds. The highest BCUT2D eigenvalue weighted by Gasteiger charge is 2.16. The Morgan fingerprint density at radius 3 is 2.38 bits per heavy atom. The summed E-state index contributed by atoms with van der Waals surface area (Å²) in [6, 6.07) is 0.699. The fraction of sp³-hybridized carbons (Fsp3) is 0.222. The second-order valence-corrected chi connectivity index (χ2v) is 2.53. The van der Waals surface area contributed by atoms with Gasteiger partial charge in [0.05, 0.1) is 5.56 Å². The van der Waals surface area contributed by atoms with E-state index in [9.17, 15) is 18.0 Å². The van der Waals surface area contributed by atoms with Gasteiger partial charge in [-0.25, -0.2) is 13.2 Å². The van der Waals surface area contributed by atoms with Crippen molar-refractivity contribution in [2.24, 2.45) is 0 Å². The minimum absolute atomic E-state index is 0.0493.